The Morgan fingerprint density at radius 3 is 2.84 bits per heavy atom. The average molecular weight is 261 g/mol. The van der Waals surface area contributed by atoms with E-state index in [1.807, 2.05) is 0 Å². The van der Waals surface area contributed by atoms with Gasteiger partial charge < -0.3 is 10.1 Å². The van der Waals surface area contributed by atoms with Crippen molar-refractivity contribution in [1.82, 2.24) is 5.32 Å². The van der Waals surface area contributed by atoms with E-state index in [-0.39, 0.29) is 0 Å². The van der Waals surface area contributed by atoms with Gasteiger partial charge in [-0.3, -0.25) is 0 Å². The van der Waals surface area contributed by atoms with Crippen molar-refractivity contribution in [2.24, 2.45) is 5.92 Å². The minimum atomic E-state index is 0.387. The van der Waals surface area contributed by atoms with Crippen molar-refractivity contribution < 1.29 is 4.74 Å². The molecular weight excluding hydrogens is 234 g/mol. The summed E-state index contributed by atoms with van der Waals surface area (Å²) in [6.07, 6.45) is 3.87. The number of ether oxygens (including phenoxy) is 1. The number of aryl methyl sites for hydroxylation is 1. The Bertz CT molecular complexity index is 414. The number of hydrogen-bond acceptors (Lipinski definition) is 2. The van der Waals surface area contributed by atoms with Crippen LogP contribution >= 0.6 is 0 Å². The van der Waals surface area contributed by atoms with Gasteiger partial charge in [-0.1, -0.05) is 38.5 Å². The fourth-order valence-electron chi connectivity index (χ4n) is 2.62. The Morgan fingerprint density at radius 2 is 2.11 bits per heavy atom. The van der Waals surface area contributed by atoms with E-state index in [1.165, 1.54) is 17.5 Å². The highest BCUT2D eigenvalue weighted by Gasteiger charge is 2.22. The van der Waals surface area contributed by atoms with Crippen molar-refractivity contribution in [1.29, 1.82) is 0 Å². The lowest BCUT2D eigenvalue weighted by molar-refractivity contribution is 0.208. The first-order chi connectivity index (χ1) is 9.04. The molecule has 0 saturated carbocycles. The molecule has 0 spiro atoms. The molecule has 1 heterocycles. The van der Waals surface area contributed by atoms with E-state index >= 15 is 0 Å². The molecule has 19 heavy (non-hydrogen) atoms. The molecule has 0 bridgehead atoms. The molecule has 0 fully saturated rings. The van der Waals surface area contributed by atoms with Gasteiger partial charge in [-0.15, -0.1) is 0 Å². The van der Waals surface area contributed by atoms with Crippen LogP contribution in [-0.2, 0) is 6.42 Å². The quantitative estimate of drug-likeness (QED) is 0.843. The van der Waals surface area contributed by atoms with E-state index in [1.54, 1.807) is 0 Å². The second-order valence-electron chi connectivity index (χ2n) is 6.30. The molecule has 106 valence electrons. The summed E-state index contributed by atoms with van der Waals surface area (Å²) in [6.45, 7) is 9.98. The van der Waals surface area contributed by atoms with Gasteiger partial charge in [0.15, 0.2) is 0 Å². The predicted octanol–water partition coefficient (Wildman–Crippen LogP) is 3.71. The van der Waals surface area contributed by atoms with Gasteiger partial charge in [-0.05, 0) is 43.9 Å². The molecule has 1 N–H and O–H groups in total. The molecule has 0 aliphatic carbocycles. The summed E-state index contributed by atoms with van der Waals surface area (Å²) < 4.78 is 6.02. The Labute approximate surface area is 117 Å². The third-order valence-electron chi connectivity index (χ3n) is 3.81. The lowest BCUT2D eigenvalue weighted by Gasteiger charge is -2.17. The lowest BCUT2D eigenvalue weighted by Crippen LogP contribution is -2.28. The van der Waals surface area contributed by atoms with E-state index in [4.69, 9.17) is 4.74 Å². The molecule has 0 saturated heterocycles. The normalized spacial score (nSPS) is 19.3. The molecule has 2 heteroatoms. The van der Waals surface area contributed by atoms with Crippen molar-refractivity contribution in [3.63, 3.8) is 0 Å². The van der Waals surface area contributed by atoms with Gasteiger partial charge in [0.1, 0.15) is 11.9 Å². The predicted molar refractivity (Wildman–Crippen MR) is 80.8 cm³/mol. The maximum Gasteiger partial charge on any atom is 0.123 e. The van der Waals surface area contributed by atoms with E-state index in [2.05, 4.69) is 51.2 Å². The first-order valence-corrected chi connectivity index (χ1v) is 7.54. The minimum Gasteiger partial charge on any atom is -0.490 e. The van der Waals surface area contributed by atoms with Crippen LogP contribution in [0.5, 0.6) is 5.75 Å². The minimum absolute atomic E-state index is 0.387. The van der Waals surface area contributed by atoms with Crippen molar-refractivity contribution in [3.05, 3.63) is 29.3 Å². The monoisotopic (exact) mass is 261 g/mol. The SMILES string of the molecule is Cc1ccc2c(c1)CC(CCC(C)CNC(C)C)O2. The topological polar surface area (TPSA) is 21.3 Å². The molecule has 1 aromatic rings. The lowest BCUT2D eigenvalue weighted by atomic mass is 9.99. The van der Waals surface area contributed by atoms with Crippen LogP contribution < -0.4 is 10.1 Å². The van der Waals surface area contributed by atoms with Crippen LogP contribution in [0.2, 0.25) is 0 Å². The standard InChI is InChI=1S/C17H27NO/c1-12(2)18-11-14(4)5-7-16-10-15-9-13(3)6-8-17(15)19-16/h6,8-9,12,14,16,18H,5,7,10-11H2,1-4H3. The van der Waals surface area contributed by atoms with Crippen LogP contribution in [0, 0.1) is 12.8 Å². The van der Waals surface area contributed by atoms with Crippen LogP contribution in [0.4, 0.5) is 0 Å². The van der Waals surface area contributed by atoms with Crippen molar-refractivity contribution >= 4 is 0 Å². The van der Waals surface area contributed by atoms with Gasteiger partial charge in [0.25, 0.3) is 0 Å². The molecule has 0 radical (unpaired) electrons. The third kappa shape index (κ3) is 4.24. The summed E-state index contributed by atoms with van der Waals surface area (Å²) in [5, 5.41) is 3.50. The van der Waals surface area contributed by atoms with Gasteiger partial charge in [0.2, 0.25) is 0 Å². The molecule has 2 rings (SSSR count). The summed E-state index contributed by atoms with van der Waals surface area (Å²) in [7, 11) is 0. The summed E-state index contributed by atoms with van der Waals surface area (Å²) in [5.41, 5.74) is 2.72. The highest BCUT2D eigenvalue weighted by atomic mass is 16.5. The van der Waals surface area contributed by atoms with Crippen molar-refractivity contribution in [2.45, 2.75) is 59.1 Å². The zero-order chi connectivity index (χ0) is 13.8. The molecule has 1 aromatic carbocycles. The highest BCUT2D eigenvalue weighted by Crippen LogP contribution is 2.31. The van der Waals surface area contributed by atoms with Crippen LogP contribution in [0.25, 0.3) is 0 Å². The summed E-state index contributed by atoms with van der Waals surface area (Å²) in [4.78, 5) is 0. The molecular formula is C17H27NO. The number of nitrogens with one attached hydrogen (secondary N) is 1. The number of fused-ring (bicyclic) bond motifs is 1. The summed E-state index contributed by atoms with van der Waals surface area (Å²) >= 11 is 0. The maximum atomic E-state index is 6.02. The smallest absolute Gasteiger partial charge is 0.123 e. The number of benzene rings is 1. The summed E-state index contributed by atoms with van der Waals surface area (Å²) in [5.74, 6) is 1.82. The average Bonchev–Trinajstić information content (AvgIpc) is 2.75. The molecule has 1 aliphatic heterocycles. The molecule has 2 atom stereocenters. The zero-order valence-electron chi connectivity index (χ0n) is 12.7. The highest BCUT2D eigenvalue weighted by molar-refractivity contribution is 5.40. The Kier molecular flexibility index (Phi) is 4.87. The number of rotatable bonds is 6. The second-order valence-corrected chi connectivity index (χ2v) is 6.30. The Balaban J connectivity index is 1.75. The van der Waals surface area contributed by atoms with Crippen LogP contribution in [0.15, 0.2) is 18.2 Å². The fourth-order valence-corrected chi connectivity index (χ4v) is 2.62. The molecule has 0 amide bonds. The molecule has 2 unspecified atom stereocenters. The largest absolute Gasteiger partial charge is 0.490 e. The van der Waals surface area contributed by atoms with Gasteiger partial charge in [-0.2, -0.15) is 0 Å². The van der Waals surface area contributed by atoms with E-state index in [0.717, 1.165) is 31.1 Å². The zero-order valence-corrected chi connectivity index (χ0v) is 12.7. The maximum absolute atomic E-state index is 6.02. The van der Waals surface area contributed by atoms with Crippen LogP contribution in [-0.4, -0.2) is 18.7 Å². The molecule has 2 nitrogen and oxygen atoms in total. The number of hydrogen-bond donors (Lipinski definition) is 1. The first-order valence-electron chi connectivity index (χ1n) is 7.54. The van der Waals surface area contributed by atoms with Gasteiger partial charge >= 0.3 is 0 Å². The van der Waals surface area contributed by atoms with E-state index < -0.39 is 0 Å². The van der Waals surface area contributed by atoms with E-state index in [0.29, 0.717) is 12.1 Å². The van der Waals surface area contributed by atoms with Crippen LogP contribution in [0.1, 0.15) is 44.7 Å². The molecule has 1 aliphatic rings. The van der Waals surface area contributed by atoms with E-state index in [9.17, 15) is 0 Å². The summed E-state index contributed by atoms with van der Waals surface area (Å²) in [6, 6.07) is 7.10. The Hall–Kier alpha value is -1.02. The third-order valence-corrected chi connectivity index (χ3v) is 3.81. The Morgan fingerprint density at radius 1 is 1.32 bits per heavy atom. The van der Waals surface area contributed by atoms with Gasteiger partial charge in [0.05, 0.1) is 0 Å². The fraction of sp³-hybridized carbons (Fsp3) is 0.647. The van der Waals surface area contributed by atoms with Gasteiger partial charge in [0, 0.05) is 12.5 Å². The van der Waals surface area contributed by atoms with Gasteiger partial charge in [-0.25, -0.2) is 0 Å². The first kappa shape index (κ1) is 14.4. The van der Waals surface area contributed by atoms with Crippen LogP contribution in [0.3, 0.4) is 0 Å². The molecule has 0 aromatic heterocycles. The van der Waals surface area contributed by atoms with Crippen molar-refractivity contribution in [3.8, 4) is 5.75 Å². The van der Waals surface area contributed by atoms with Crippen molar-refractivity contribution in [2.75, 3.05) is 6.54 Å². The second kappa shape index (κ2) is 6.42.